The molecule has 4 nitrogen and oxygen atoms in total. The zero-order valence-corrected chi connectivity index (χ0v) is 13.3. The lowest BCUT2D eigenvalue weighted by Gasteiger charge is -2.18. The molecule has 0 bridgehead atoms. The van der Waals surface area contributed by atoms with Crippen LogP contribution in [-0.2, 0) is 4.79 Å². The van der Waals surface area contributed by atoms with Gasteiger partial charge in [-0.15, -0.1) is 0 Å². The molecule has 0 saturated heterocycles. The molecule has 1 N–H and O–H groups in total. The molecule has 0 aliphatic carbocycles. The maximum absolute atomic E-state index is 11.1. The highest BCUT2D eigenvalue weighted by Gasteiger charge is 2.15. The van der Waals surface area contributed by atoms with Gasteiger partial charge in [0.15, 0.2) is 11.5 Å². The third-order valence-corrected chi connectivity index (χ3v) is 3.24. The number of amides is 1. The Bertz CT molecular complexity index is 449. The fourth-order valence-electron chi connectivity index (χ4n) is 1.80. The number of carbonyl (C=O) groups is 1. The van der Waals surface area contributed by atoms with Crippen molar-refractivity contribution in [3.05, 3.63) is 22.2 Å². The van der Waals surface area contributed by atoms with Crippen molar-refractivity contribution in [1.82, 2.24) is 5.32 Å². The summed E-state index contributed by atoms with van der Waals surface area (Å²) in [6.45, 7) is 8.43. The zero-order valence-electron chi connectivity index (χ0n) is 11.7. The van der Waals surface area contributed by atoms with Crippen LogP contribution >= 0.6 is 15.9 Å². The first-order valence-electron chi connectivity index (χ1n) is 6.35. The molecule has 0 heterocycles. The van der Waals surface area contributed by atoms with Gasteiger partial charge in [0.05, 0.1) is 19.3 Å². The van der Waals surface area contributed by atoms with E-state index in [4.69, 9.17) is 9.47 Å². The van der Waals surface area contributed by atoms with E-state index >= 15 is 0 Å². The third-order valence-electron chi connectivity index (χ3n) is 2.55. The standard InChI is InChI=1S/C14H20BrNO3/c1-5-18-13-7-11(9(3)16-10(4)17)12(15)8-14(13)19-6-2/h7-9H,5-6H2,1-4H3,(H,16,17). The molecule has 0 aliphatic rings. The van der Waals surface area contributed by atoms with Crippen molar-refractivity contribution in [2.24, 2.45) is 0 Å². The quantitative estimate of drug-likeness (QED) is 0.869. The summed E-state index contributed by atoms with van der Waals surface area (Å²) in [6.07, 6.45) is 0. The van der Waals surface area contributed by atoms with Crippen molar-refractivity contribution in [3.63, 3.8) is 0 Å². The maximum Gasteiger partial charge on any atom is 0.217 e. The monoisotopic (exact) mass is 329 g/mol. The second-order valence-electron chi connectivity index (χ2n) is 4.11. The molecule has 1 unspecified atom stereocenters. The largest absolute Gasteiger partial charge is 0.490 e. The number of ether oxygens (including phenoxy) is 2. The molecular formula is C14H20BrNO3. The van der Waals surface area contributed by atoms with E-state index in [9.17, 15) is 4.79 Å². The Hall–Kier alpha value is -1.23. The molecule has 5 heteroatoms. The van der Waals surface area contributed by atoms with Crippen LogP contribution in [0.2, 0.25) is 0 Å². The fraction of sp³-hybridized carbons (Fsp3) is 0.500. The normalized spacial score (nSPS) is 11.8. The summed E-state index contributed by atoms with van der Waals surface area (Å²) in [5.74, 6) is 1.33. The number of hydrogen-bond donors (Lipinski definition) is 1. The molecule has 0 radical (unpaired) electrons. The van der Waals surface area contributed by atoms with Gasteiger partial charge in [-0.2, -0.15) is 0 Å². The van der Waals surface area contributed by atoms with Crippen LogP contribution in [0.3, 0.4) is 0 Å². The van der Waals surface area contributed by atoms with Crippen LogP contribution in [0.5, 0.6) is 11.5 Å². The molecule has 106 valence electrons. The Morgan fingerprint density at radius 2 is 1.79 bits per heavy atom. The van der Waals surface area contributed by atoms with Gasteiger partial charge >= 0.3 is 0 Å². The second-order valence-corrected chi connectivity index (χ2v) is 4.96. The molecule has 0 aliphatic heterocycles. The van der Waals surface area contributed by atoms with Crippen LogP contribution in [0.25, 0.3) is 0 Å². The van der Waals surface area contributed by atoms with E-state index in [0.717, 1.165) is 10.0 Å². The minimum absolute atomic E-state index is 0.0637. The van der Waals surface area contributed by atoms with E-state index in [2.05, 4.69) is 21.2 Å². The summed E-state index contributed by atoms with van der Waals surface area (Å²) in [5.41, 5.74) is 0.960. The summed E-state index contributed by atoms with van der Waals surface area (Å²) in [5, 5.41) is 2.86. The molecule has 0 spiro atoms. The van der Waals surface area contributed by atoms with E-state index < -0.39 is 0 Å². The van der Waals surface area contributed by atoms with Crippen molar-refractivity contribution < 1.29 is 14.3 Å². The first-order chi connectivity index (χ1) is 8.99. The van der Waals surface area contributed by atoms with Crippen molar-refractivity contribution in [3.8, 4) is 11.5 Å². The highest BCUT2D eigenvalue weighted by molar-refractivity contribution is 9.10. The average Bonchev–Trinajstić information content (AvgIpc) is 2.31. The highest BCUT2D eigenvalue weighted by Crippen LogP contribution is 2.36. The van der Waals surface area contributed by atoms with Gasteiger partial charge < -0.3 is 14.8 Å². The van der Waals surface area contributed by atoms with Gasteiger partial charge in [0.2, 0.25) is 5.91 Å². The summed E-state index contributed by atoms with van der Waals surface area (Å²) < 4.78 is 12.0. The van der Waals surface area contributed by atoms with E-state index in [1.54, 1.807) is 0 Å². The molecule has 1 rings (SSSR count). The Kier molecular flexibility index (Phi) is 6.15. The van der Waals surface area contributed by atoms with E-state index in [1.165, 1.54) is 6.92 Å². The Morgan fingerprint density at radius 3 is 2.26 bits per heavy atom. The number of halogens is 1. The lowest BCUT2D eigenvalue weighted by atomic mass is 10.1. The Balaban J connectivity index is 3.11. The Morgan fingerprint density at radius 1 is 1.26 bits per heavy atom. The smallest absolute Gasteiger partial charge is 0.217 e. The minimum atomic E-state index is -0.0956. The van der Waals surface area contributed by atoms with Gasteiger partial charge in [-0.25, -0.2) is 0 Å². The topological polar surface area (TPSA) is 47.6 Å². The fourth-order valence-corrected chi connectivity index (χ4v) is 2.47. The van der Waals surface area contributed by atoms with Crippen molar-refractivity contribution in [2.45, 2.75) is 33.7 Å². The van der Waals surface area contributed by atoms with Crippen molar-refractivity contribution >= 4 is 21.8 Å². The Labute approximate surface area is 122 Å². The lowest BCUT2D eigenvalue weighted by Crippen LogP contribution is -2.24. The SMILES string of the molecule is CCOc1cc(Br)c(C(C)NC(C)=O)cc1OCC. The van der Waals surface area contributed by atoms with Crippen molar-refractivity contribution in [1.29, 1.82) is 0 Å². The van der Waals surface area contributed by atoms with E-state index in [-0.39, 0.29) is 11.9 Å². The summed E-state index contributed by atoms with van der Waals surface area (Å²) in [4.78, 5) is 11.1. The van der Waals surface area contributed by atoms with Gasteiger partial charge in [-0.3, -0.25) is 4.79 Å². The van der Waals surface area contributed by atoms with Crippen LogP contribution in [-0.4, -0.2) is 19.1 Å². The molecule has 1 aromatic rings. The van der Waals surface area contributed by atoms with Crippen molar-refractivity contribution in [2.75, 3.05) is 13.2 Å². The molecule has 0 saturated carbocycles. The molecule has 1 atom stereocenters. The first kappa shape index (κ1) is 15.8. The molecule has 19 heavy (non-hydrogen) atoms. The summed E-state index contributed by atoms with van der Waals surface area (Å²) in [7, 11) is 0. The van der Waals surface area contributed by atoms with Crippen LogP contribution in [0, 0.1) is 0 Å². The van der Waals surface area contributed by atoms with Crippen LogP contribution in [0.15, 0.2) is 16.6 Å². The predicted octanol–water partition coefficient (Wildman–Crippen LogP) is 3.44. The average molecular weight is 330 g/mol. The zero-order chi connectivity index (χ0) is 14.4. The molecule has 0 aromatic heterocycles. The number of nitrogens with one attached hydrogen (secondary N) is 1. The molecule has 1 amide bonds. The number of rotatable bonds is 6. The lowest BCUT2D eigenvalue weighted by molar-refractivity contribution is -0.119. The van der Waals surface area contributed by atoms with Gasteiger partial charge in [-0.1, -0.05) is 15.9 Å². The third kappa shape index (κ3) is 4.42. The second kappa shape index (κ2) is 7.38. The first-order valence-corrected chi connectivity index (χ1v) is 7.15. The minimum Gasteiger partial charge on any atom is -0.490 e. The highest BCUT2D eigenvalue weighted by atomic mass is 79.9. The number of benzene rings is 1. The van der Waals surface area contributed by atoms with E-state index in [0.29, 0.717) is 24.7 Å². The van der Waals surface area contributed by atoms with Gasteiger partial charge in [0.25, 0.3) is 0 Å². The maximum atomic E-state index is 11.1. The van der Waals surface area contributed by atoms with Gasteiger partial charge in [0.1, 0.15) is 0 Å². The van der Waals surface area contributed by atoms with Gasteiger partial charge in [-0.05, 0) is 38.5 Å². The molecular weight excluding hydrogens is 310 g/mol. The molecule has 0 fully saturated rings. The van der Waals surface area contributed by atoms with Crippen LogP contribution < -0.4 is 14.8 Å². The summed E-state index contributed by atoms with van der Waals surface area (Å²) in [6, 6.07) is 3.68. The molecule has 1 aromatic carbocycles. The predicted molar refractivity (Wildman–Crippen MR) is 78.7 cm³/mol. The van der Waals surface area contributed by atoms with Crippen LogP contribution in [0.1, 0.15) is 39.3 Å². The summed E-state index contributed by atoms with van der Waals surface area (Å²) >= 11 is 3.51. The van der Waals surface area contributed by atoms with E-state index in [1.807, 2.05) is 32.9 Å². The van der Waals surface area contributed by atoms with Crippen LogP contribution in [0.4, 0.5) is 0 Å². The van der Waals surface area contributed by atoms with Gasteiger partial charge in [0, 0.05) is 11.4 Å². The number of carbonyl (C=O) groups excluding carboxylic acids is 1. The number of hydrogen-bond acceptors (Lipinski definition) is 3.